The highest BCUT2D eigenvalue weighted by Crippen LogP contribution is 2.45. The predicted molar refractivity (Wildman–Crippen MR) is 129 cm³/mol. The number of hydrogen-bond donors (Lipinski definition) is 0. The van der Waals surface area contributed by atoms with Gasteiger partial charge in [0.2, 0.25) is 0 Å². The molecule has 0 radical (unpaired) electrons. The maximum Gasteiger partial charge on any atom is 0.266 e. The number of nitrogens with zero attached hydrogens (tertiary/aromatic N) is 2. The molecular weight excluding hydrogens is 416 g/mol. The van der Waals surface area contributed by atoms with Crippen molar-refractivity contribution in [3.63, 3.8) is 0 Å². The van der Waals surface area contributed by atoms with Crippen LogP contribution < -0.4 is 4.90 Å². The van der Waals surface area contributed by atoms with E-state index < -0.39 is 0 Å². The number of thioether (sulfide) groups is 2. The van der Waals surface area contributed by atoms with Gasteiger partial charge in [0, 0.05) is 17.5 Å². The molecule has 0 unspecified atom stereocenters. The fraction of sp³-hybridized carbons (Fsp3) is 0.391. The van der Waals surface area contributed by atoms with Crippen LogP contribution in [0.25, 0.3) is 0 Å². The third-order valence-corrected chi connectivity index (χ3v) is 8.28. The van der Waals surface area contributed by atoms with Crippen molar-refractivity contribution in [2.75, 3.05) is 11.4 Å². The van der Waals surface area contributed by atoms with E-state index >= 15 is 0 Å². The van der Waals surface area contributed by atoms with Gasteiger partial charge in [0.15, 0.2) is 0 Å². The number of amides is 1. The summed E-state index contributed by atoms with van der Waals surface area (Å²) in [6.45, 7) is 5.11. The maximum atomic E-state index is 13.0. The van der Waals surface area contributed by atoms with Crippen LogP contribution in [-0.2, 0) is 4.79 Å². The Morgan fingerprint density at radius 3 is 2.72 bits per heavy atom. The normalized spacial score (nSPS) is 23.6. The largest absolute Gasteiger partial charge is 0.335 e. The molecule has 1 amide bonds. The molecule has 152 valence electrons. The van der Waals surface area contributed by atoms with Crippen LogP contribution in [0.5, 0.6) is 0 Å². The third-order valence-electron chi connectivity index (χ3n) is 5.63. The molecule has 1 aromatic rings. The van der Waals surface area contributed by atoms with Crippen LogP contribution in [0, 0.1) is 0 Å². The Bertz CT molecular complexity index is 912. The molecular formula is C23H26N2OS3. The molecule has 0 bridgehead atoms. The van der Waals surface area contributed by atoms with E-state index in [9.17, 15) is 4.79 Å². The molecule has 0 spiro atoms. The van der Waals surface area contributed by atoms with Gasteiger partial charge in [0.25, 0.3) is 5.91 Å². The zero-order valence-corrected chi connectivity index (χ0v) is 19.3. The number of anilines is 1. The fourth-order valence-corrected chi connectivity index (χ4v) is 6.67. The second-order valence-corrected chi connectivity index (χ2v) is 10.2. The van der Waals surface area contributed by atoms with Gasteiger partial charge < -0.3 is 4.90 Å². The first-order valence-corrected chi connectivity index (χ1v) is 12.3. The lowest BCUT2D eigenvalue weighted by atomic mass is 9.94. The van der Waals surface area contributed by atoms with Crippen molar-refractivity contribution in [3.05, 3.63) is 58.0 Å². The van der Waals surface area contributed by atoms with Crippen molar-refractivity contribution in [2.24, 2.45) is 0 Å². The minimum Gasteiger partial charge on any atom is -0.335 e. The van der Waals surface area contributed by atoms with Crippen molar-refractivity contribution in [2.45, 2.75) is 56.9 Å². The summed E-state index contributed by atoms with van der Waals surface area (Å²) in [5.74, 6) is 0.0968. The summed E-state index contributed by atoms with van der Waals surface area (Å²) in [7, 11) is 0. The molecule has 1 saturated carbocycles. The van der Waals surface area contributed by atoms with Gasteiger partial charge in [-0.2, -0.15) is 0 Å². The predicted octanol–water partition coefficient (Wildman–Crippen LogP) is 6.48. The lowest BCUT2D eigenvalue weighted by Gasteiger charge is -2.29. The smallest absolute Gasteiger partial charge is 0.266 e. The summed E-state index contributed by atoms with van der Waals surface area (Å²) >= 11 is 8.81. The zero-order valence-electron chi connectivity index (χ0n) is 16.9. The summed E-state index contributed by atoms with van der Waals surface area (Å²) in [5.41, 5.74) is 2.26. The Morgan fingerprint density at radius 2 is 1.97 bits per heavy atom. The molecule has 6 heteroatoms. The Hall–Kier alpha value is -1.50. The molecule has 2 aliphatic heterocycles. The monoisotopic (exact) mass is 442 g/mol. The van der Waals surface area contributed by atoms with Gasteiger partial charge in [-0.15, -0.1) is 0 Å². The number of benzene rings is 1. The van der Waals surface area contributed by atoms with Crippen molar-refractivity contribution in [1.29, 1.82) is 0 Å². The number of carbonyl (C=O) groups is 1. The molecule has 3 nitrogen and oxygen atoms in total. The van der Waals surface area contributed by atoms with Crippen molar-refractivity contribution in [3.8, 4) is 0 Å². The molecule has 0 atom stereocenters. The number of allylic oxidation sites excluding steroid dienone is 4. The van der Waals surface area contributed by atoms with Crippen LogP contribution in [0.15, 0.2) is 62.9 Å². The van der Waals surface area contributed by atoms with E-state index in [2.05, 4.69) is 48.2 Å². The molecule has 4 rings (SSSR count). The first kappa shape index (κ1) is 20.8. The Kier molecular flexibility index (Phi) is 6.52. The second-order valence-electron chi connectivity index (χ2n) is 7.53. The summed E-state index contributed by atoms with van der Waals surface area (Å²) in [6, 6.07) is 8.78. The fourth-order valence-electron chi connectivity index (χ4n) is 4.13. The average molecular weight is 443 g/mol. The number of thiocarbonyl (C=S) groups is 1. The van der Waals surface area contributed by atoms with Gasteiger partial charge in [-0.3, -0.25) is 9.69 Å². The van der Waals surface area contributed by atoms with E-state index in [-0.39, 0.29) is 5.91 Å². The van der Waals surface area contributed by atoms with E-state index in [1.165, 1.54) is 46.6 Å². The van der Waals surface area contributed by atoms with Crippen LogP contribution in [0.3, 0.4) is 0 Å². The molecule has 2 heterocycles. The van der Waals surface area contributed by atoms with Gasteiger partial charge in [0.1, 0.15) is 4.32 Å². The van der Waals surface area contributed by atoms with E-state index in [0.717, 1.165) is 34.2 Å². The van der Waals surface area contributed by atoms with Crippen molar-refractivity contribution >= 4 is 51.7 Å². The van der Waals surface area contributed by atoms with Gasteiger partial charge >= 0.3 is 0 Å². The van der Waals surface area contributed by atoms with E-state index in [1.807, 2.05) is 17.9 Å². The summed E-state index contributed by atoms with van der Waals surface area (Å²) < 4.78 is 0.724. The van der Waals surface area contributed by atoms with Crippen LogP contribution in [0.2, 0.25) is 0 Å². The molecule has 3 aliphatic rings. The van der Waals surface area contributed by atoms with Crippen molar-refractivity contribution in [1.82, 2.24) is 4.90 Å². The lowest BCUT2D eigenvalue weighted by Crippen LogP contribution is -2.39. The second kappa shape index (κ2) is 9.11. The highest BCUT2D eigenvalue weighted by Gasteiger charge is 2.38. The quantitative estimate of drug-likeness (QED) is 0.392. The minimum absolute atomic E-state index is 0.0968. The van der Waals surface area contributed by atoms with Crippen LogP contribution in [0.4, 0.5) is 5.69 Å². The first-order valence-electron chi connectivity index (χ1n) is 10.3. The van der Waals surface area contributed by atoms with Gasteiger partial charge in [-0.25, -0.2) is 0 Å². The van der Waals surface area contributed by atoms with Crippen LogP contribution in [-0.4, -0.2) is 27.7 Å². The minimum atomic E-state index is 0.0968. The van der Waals surface area contributed by atoms with E-state index in [0.29, 0.717) is 6.04 Å². The molecule has 1 saturated heterocycles. The number of rotatable bonds is 4. The summed E-state index contributed by atoms with van der Waals surface area (Å²) in [5, 5.41) is 1.22. The Morgan fingerprint density at radius 1 is 1.21 bits per heavy atom. The molecule has 2 fully saturated rings. The lowest BCUT2D eigenvalue weighted by molar-refractivity contribution is -0.124. The Balaban J connectivity index is 1.50. The molecule has 1 aliphatic carbocycles. The maximum absolute atomic E-state index is 13.0. The van der Waals surface area contributed by atoms with Crippen LogP contribution >= 0.6 is 35.7 Å². The zero-order chi connectivity index (χ0) is 20.4. The molecule has 0 N–H and O–H groups in total. The average Bonchev–Trinajstić information content (AvgIpc) is 3.24. The van der Waals surface area contributed by atoms with Gasteiger partial charge in [0.05, 0.1) is 15.6 Å². The van der Waals surface area contributed by atoms with E-state index in [1.54, 1.807) is 11.8 Å². The van der Waals surface area contributed by atoms with Crippen molar-refractivity contribution < 1.29 is 4.79 Å². The van der Waals surface area contributed by atoms with Gasteiger partial charge in [-0.1, -0.05) is 79.3 Å². The Labute approximate surface area is 187 Å². The van der Waals surface area contributed by atoms with Crippen LogP contribution in [0.1, 0.15) is 46.0 Å². The molecule has 1 aromatic carbocycles. The highest BCUT2D eigenvalue weighted by molar-refractivity contribution is 8.26. The summed E-state index contributed by atoms with van der Waals surface area (Å²) in [4.78, 5) is 19.3. The summed E-state index contributed by atoms with van der Waals surface area (Å²) in [6.07, 6.45) is 12.0. The molecule has 29 heavy (non-hydrogen) atoms. The number of fused-ring (bicyclic) bond motifs is 1. The topological polar surface area (TPSA) is 23.6 Å². The van der Waals surface area contributed by atoms with Gasteiger partial charge in [-0.05, 0) is 50.5 Å². The number of carbonyl (C=O) groups excluding carboxylic acids is 1. The number of hydrogen-bond acceptors (Lipinski definition) is 5. The SMILES string of the molecule is CCN1\C(=C/C=C/C(C)=C2/SC(=S)N(C3CCCCC3)C2=O)Sc2ccccc21. The number of para-hydroxylation sites is 1. The highest BCUT2D eigenvalue weighted by atomic mass is 32.2. The first-order chi connectivity index (χ1) is 14.1. The molecule has 0 aromatic heterocycles. The van der Waals surface area contributed by atoms with E-state index in [4.69, 9.17) is 12.2 Å². The standard InChI is InChI=1S/C23H26N2OS3/c1-3-24-18-13-7-8-14-19(18)28-20(24)15-9-10-16(2)21-22(26)25(23(27)29-21)17-11-5-4-6-12-17/h7-10,13-15,17H,3-6,11-12H2,1-2H3/b10-9+,20-15+,21-16+. The third kappa shape index (κ3) is 4.21.